The summed E-state index contributed by atoms with van der Waals surface area (Å²) in [5, 5.41) is 3.27. The minimum atomic E-state index is -0.321. The highest BCUT2D eigenvalue weighted by Crippen LogP contribution is 2.30. The first-order valence-corrected chi connectivity index (χ1v) is 11.8. The number of halogens is 2. The van der Waals surface area contributed by atoms with Crippen LogP contribution in [0.3, 0.4) is 0 Å². The Balaban J connectivity index is 1.98. The zero-order chi connectivity index (χ0) is 23.3. The van der Waals surface area contributed by atoms with Crippen LogP contribution >= 0.6 is 11.6 Å². The molecule has 1 aliphatic heterocycles. The van der Waals surface area contributed by atoms with Gasteiger partial charge < -0.3 is 15.1 Å². The first-order chi connectivity index (χ1) is 15.3. The summed E-state index contributed by atoms with van der Waals surface area (Å²) in [6, 6.07) is 4.73. The maximum Gasteiger partial charge on any atom is 0.317 e. The topological polar surface area (TPSA) is 61.4 Å². The molecule has 0 atom stereocenters. The summed E-state index contributed by atoms with van der Waals surface area (Å²) < 4.78 is 14.6. The van der Waals surface area contributed by atoms with E-state index in [0.717, 1.165) is 35.7 Å². The molecule has 1 saturated heterocycles. The molecule has 0 radical (unpaired) electrons. The van der Waals surface area contributed by atoms with E-state index in [1.807, 2.05) is 11.8 Å². The SMILES string of the molecule is CCNC(=O)N1CCN(c2nc(CC(C)C)nc(CC)c2Cc2c(F)cccc2Cl)CC1. The van der Waals surface area contributed by atoms with Gasteiger partial charge in [-0.3, -0.25) is 0 Å². The Kier molecular flexibility index (Phi) is 8.29. The van der Waals surface area contributed by atoms with Crippen LogP contribution < -0.4 is 10.2 Å². The largest absolute Gasteiger partial charge is 0.353 e. The molecule has 32 heavy (non-hydrogen) atoms. The molecule has 1 fully saturated rings. The third-order valence-corrected chi connectivity index (χ3v) is 6.01. The van der Waals surface area contributed by atoms with Gasteiger partial charge in [-0.25, -0.2) is 19.2 Å². The van der Waals surface area contributed by atoms with Gasteiger partial charge in [-0.15, -0.1) is 0 Å². The summed E-state index contributed by atoms with van der Waals surface area (Å²) in [4.78, 5) is 26.0. The second kappa shape index (κ2) is 10.9. The van der Waals surface area contributed by atoms with Gasteiger partial charge in [-0.2, -0.15) is 0 Å². The maximum absolute atomic E-state index is 14.6. The first-order valence-electron chi connectivity index (χ1n) is 11.4. The predicted octanol–water partition coefficient (Wildman–Crippen LogP) is 4.47. The van der Waals surface area contributed by atoms with E-state index in [2.05, 4.69) is 31.0 Å². The molecule has 1 aromatic carbocycles. The van der Waals surface area contributed by atoms with Crippen LogP contribution in [0.4, 0.5) is 15.0 Å². The summed E-state index contributed by atoms with van der Waals surface area (Å²) in [6.45, 7) is 11.4. The van der Waals surface area contributed by atoms with E-state index in [0.29, 0.717) is 55.6 Å². The van der Waals surface area contributed by atoms with Crippen molar-refractivity contribution in [1.29, 1.82) is 0 Å². The van der Waals surface area contributed by atoms with E-state index >= 15 is 0 Å². The molecule has 2 heterocycles. The number of rotatable bonds is 7. The molecule has 2 aromatic rings. The lowest BCUT2D eigenvalue weighted by Gasteiger charge is -2.36. The Hall–Kier alpha value is -2.41. The normalized spacial score (nSPS) is 14.2. The number of piperazine rings is 1. The van der Waals surface area contributed by atoms with Crippen molar-refractivity contribution in [2.45, 2.75) is 47.0 Å². The molecule has 8 heteroatoms. The lowest BCUT2D eigenvalue weighted by atomic mass is 10.0. The van der Waals surface area contributed by atoms with Crippen LogP contribution in [0.15, 0.2) is 18.2 Å². The molecule has 6 nitrogen and oxygen atoms in total. The Morgan fingerprint density at radius 1 is 1.16 bits per heavy atom. The van der Waals surface area contributed by atoms with E-state index in [4.69, 9.17) is 21.6 Å². The van der Waals surface area contributed by atoms with Crippen molar-refractivity contribution in [2.75, 3.05) is 37.6 Å². The number of anilines is 1. The van der Waals surface area contributed by atoms with Crippen molar-refractivity contribution in [3.63, 3.8) is 0 Å². The van der Waals surface area contributed by atoms with Gasteiger partial charge in [0.1, 0.15) is 17.5 Å². The van der Waals surface area contributed by atoms with Crippen LogP contribution in [0.25, 0.3) is 0 Å². The van der Waals surface area contributed by atoms with E-state index < -0.39 is 0 Å². The standard InChI is InChI=1S/C24H33ClFN5O/c1-5-21-18(15-17-19(25)8-7-9-20(17)26)23(29-22(28-21)14-16(3)4)30-10-12-31(13-11-30)24(32)27-6-2/h7-9,16H,5-6,10-15H2,1-4H3,(H,27,32). The third-order valence-electron chi connectivity index (χ3n) is 5.65. The minimum absolute atomic E-state index is 0.0389. The van der Waals surface area contributed by atoms with Gasteiger partial charge in [0.25, 0.3) is 0 Å². The number of hydrogen-bond acceptors (Lipinski definition) is 4. The maximum atomic E-state index is 14.6. The van der Waals surface area contributed by atoms with Crippen molar-refractivity contribution in [2.24, 2.45) is 5.92 Å². The molecule has 0 saturated carbocycles. The van der Waals surface area contributed by atoms with E-state index in [1.165, 1.54) is 6.07 Å². The Labute approximate surface area is 195 Å². The molecule has 3 rings (SSSR count). The molecular weight excluding hydrogens is 429 g/mol. The fraction of sp³-hybridized carbons (Fsp3) is 0.542. The smallest absolute Gasteiger partial charge is 0.317 e. The zero-order valence-electron chi connectivity index (χ0n) is 19.4. The molecule has 1 N–H and O–H groups in total. The Morgan fingerprint density at radius 3 is 2.47 bits per heavy atom. The molecular formula is C24H33ClFN5O. The van der Waals surface area contributed by atoms with Gasteiger partial charge >= 0.3 is 6.03 Å². The van der Waals surface area contributed by atoms with Crippen LogP contribution in [0, 0.1) is 11.7 Å². The number of aryl methyl sites for hydroxylation is 1. The molecule has 1 aliphatic rings. The Morgan fingerprint density at radius 2 is 1.88 bits per heavy atom. The van der Waals surface area contributed by atoms with Gasteiger partial charge in [-0.1, -0.05) is 38.4 Å². The second-order valence-corrected chi connectivity index (χ2v) is 8.93. The number of urea groups is 1. The van der Waals surface area contributed by atoms with Gasteiger partial charge in [-0.05, 0) is 31.4 Å². The molecule has 0 aliphatic carbocycles. The van der Waals surface area contributed by atoms with Gasteiger partial charge in [0.05, 0.1) is 0 Å². The van der Waals surface area contributed by atoms with Crippen LogP contribution in [0.2, 0.25) is 5.02 Å². The molecule has 0 unspecified atom stereocenters. The van der Waals surface area contributed by atoms with Crippen LogP contribution in [0.5, 0.6) is 0 Å². The number of carbonyl (C=O) groups is 1. The van der Waals surface area contributed by atoms with Crippen molar-refractivity contribution in [3.05, 3.63) is 51.7 Å². The highest BCUT2D eigenvalue weighted by atomic mass is 35.5. The van der Waals surface area contributed by atoms with Crippen LogP contribution in [-0.4, -0.2) is 53.6 Å². The third kappa shape index (κ3) is 5.68. The monoisotopic (exact) mass is 461 g/mol. The summed E-state index contributed by atoms with van der Waals surface area (Å²) in [5.41, 5.74) is 2.31. The first kappa shape index (κ1) is 24.2. The minimum Gasteiger partial charge on any atom is -0.353 e. The number of nitrogens with one attached hydrogen (secondary N) is 1. The molecule has 0 bridgehead atoms. The summed E-state index contributed by atoms with van der Waals surface area (Å²) in [5.74, 6) is 1.75. The fourth-order valence-electron chi connectivity index (χ4n) is 4.02. The van der Waals surface area contributed by atoms with E-state index in [-0.39, 0.29) is 11.8 Å². The number of carbonyl (C=O) groups excluding carboxylic acids is 1. The zero-order valence-corrected chi connectivity index (χ0v) is 20.2. The van der Waals surface area contributed by atoms with Crippen LogP contribution in [0.1, 0.15) is 50.3 Å². The lowest BCUT2D eigenvalue weighted by molar-refractivity contribution is 0.195. The fourth-order valence-corrected chi connectivity index (χ4v) is 4.25. The van der Waals surface area contributed by atoms with Crippen molar-refractivity contribution < 1.29 is 9.18 Å². The molecule has 1 aromatic heterocycles. The lowest BCUT2D eigenvalue weighted by Crippen LogP contribution is -2.52. The average Bonchev–Trinajstić information content (AvgIpc) is 2.76. The molecule has 2 amide bonds. The van der Waals surface area contributed by atoms with Gasteiger partial charge in [0.2, 0.25) is 0 Å². The van der Waals surface area contributed by atoms with Crippen molar-refractivity contribution in [3.8, 4) is 0 Å². The number of hydrogen-bond donors (Lipinski definition) is 1. The summed E-state index contributed by atoms with van der Waals surface area (Å²) >= 11 is 6.35. The second-order valence-electron chi connectivity index (χ2n) is 8.53. The molecule has 174 valence electrons. The predicted molar refractivity (Wildman–Crippen MR) is 127 cm³/mol. The van der Waals surface area contributed by atoms with Gasteiger partial charge in [0.15, 0.2) is 0 Å². The van der Waals surface area contributed by atoms with E-state index in [1.54, 1.807) is 12.1 Å². The Bertz CT molecular complexity index is 924. The van der Waals surface area contributed by atoms with Crippen molar-refractivity contribution >= 4 is 23.4 Å². The number of benzene rings is 1. The quantitative estimate of drug-likeness (QED) is 0.660. The number of nitrogens with zero attached hydrogens (tertiary/aromatic N) is 4. The highest BCUT2D eigenvalue weighted by Gasteiger charge is 2.26. The number of aromatic nitrogens is 2. The molecule has 0 spiro atoms. The highest BCUT2D eigenvalue weighted by molar-refractivity contribution is 6.31. The van der Waals surface area contributed by atoms with E-state index in [9.17, 15) is 9.18 Å². The average molecular weight is 462 g/mol. The summed E-state index contributed by atoms with van der Waals surface area (Å²) in [7, 11) is 0. The summed E-state index contributed by atoms with van der Waals surface area (Å²) in [6.07, 6.45) is 1.84. The van der Waals surface area contributed by atoms with Crippen molar-refractivity contribution in [1.82, 2.24) is 20.2 Å². The van der Waals surface area contributed by atoms with Gasteiger partial charge in [0, 0.05) is 67.4 Å². The van der Waals surface area contributed by atoms with Crippen LogP contribution in [-0.2, 0) is 19.3 Å². The number of amides is 2.